The standard InChI is InChI=1S/C19H24N2O4/c1-18(2)8-13-9-19(3,10-18)16-14(17(22)23)7-11-6-12(21(24)25)4-5-15(11)20(13)16/h4-6,13-14,16H,7-10H2,1-3H3,(H,22,23)/t13-,14+,16-,19-/m1/s1. The van der Waals surface area contributed by atoms with Crippen LogP contribution in [0, 0.1) is 26.9 Å². The highest BCUT2D eigenvalue weighted by Crippen LogP contribution is 2.60. The summed E-state index contributed by atoms with van der Waals surface area (Å²) in [5, 5.41) is 21.0. The van der Waals surface area contributed by atoms with Gasteiger partial charge < -0.3 is 10.0 Å². The first-order valence-corrected chi connectivity index (χ1v) is 8.90. The SMILES string of the molecule is CC1(C)C[C@@H]2C[C@](C)(C1)[C@H]1[C@@H](C(=O)O)Cc3cc([N+](=O)[O-])ccc3N21. The third kappa shape index (κ3) is 2.34. The maximum absolute atomic E-state index is 12.1. The van der Waals surface area contributed by atoms with Gasteiger partial charge in [-0.3, -0.25) is 14.9 Å². The summed E-state index contributed by atoms with van der Waals surface area (Å²) in [4.78, 5) is 25.1. The molecular weight excluding hydrogens is 320 g/mol. The third-order valence-electron chi connectivity index (χ3n) is 6.47. The molecule has 0 aromatic heterocycles. The first-order chi connectivity index (χ1) is 11.6. The van der Waals surface area contributed by atoms with Crippen LogP contribution in [0.3, 0.4) is 0 Å². The summed E-state index contributed by atoms with van der Waals surface area (Å²) in [7, 11) is 0. The Morgan fingerprint density at radius 1 is 1.32 bits per heavy atom. The number of fused-ring (bicyclic) bond motifs is 7. The molecule has 4 rings (SSSR count). The summed E-state index contributed by atoms with van der Waals surface area (Å²) in [6.07, 6.45) is 3.42. The number of anilines is 1. The summed E-state index contributed by atoms with van der Waals surface area (Å²) in [6.45, 7) is 6.77. The van der Waals surface area contributed by atoms with Crippen LogP contribution >= 0.6 is 0 Å². The van der Waals surface area contributed by atoms with Crippen molar-refractivity contribution in [2.45, 2.75) is 58.5 Å². The molecule has 1 N–H and O–H groups in total. The first kappa shape index (κ1) is 16.4. The van der Waals surface area contributed by atoms with Gasteiger partial charge in [0.25, 0.3) is 5.69 Å². The Labute approximate surface area is 147 Å². The number of hydrogen-bond acceptors (Lipinski definition) is 4. The zero-order valence-electron chi connectivity index (χ0n) is 14.9. The van der Waals surface area contributed by atoms with Gasteiger partial charge in [-0.1, -0.05) is 20.8 Å². The Balaban J connectivity index is 1.87. The quantitative estimate of drug-likeness (QED) is 0.654. The van der Waals surface area contributed by atoms with Crippen molar-refractivity contribution in [2.75, 3.05) is 4.90 Å². The normalized spacial score (nSPS) is 35.0. The summed E-state index contributed by atoms with van der Waals surface area (Å²) in [5.41, 5.74) is 1.98. The van der Waals surface area contributed by atoms with E-state index in [0.29, 0.717) is 12.5 Å². The van der Waals surface area contributed by atoms with Crippen LogP contribution in [-0.2, 0) is 11.2 Å². The summed E-state index contributed by atoms with van der Waals surface area (Å²) >= 11 is 0. The Morgan fingerprint density at radius 2 is 2.04 bits per heavy atom. The highest BCUT2D eigenvalue weighted by atomic mass is 16.6. The predicted molar refractivity (Wildman–Crippen MR) is 93.7 cm³/mol. The molecule has 1 aromatic rings. The van der Waals surface area contributed by atoms with E-state index in [2.05, 4.69) is 25.7 Å². The van der Waals surface area contributed by atoms with E-state index in [1.54, 1.807) is 12.1 Å². The van der Waals surface area contributed by atoms with E-state index in [1.165, 1.54) is 0 Å². The molecule has 1 aliphatic carbocycles. The smallest absolute Gasteiger partial charge is 0.308 e. The molecule has 2 bridgehead atoms. The number of nitrogens with zero attached hydrogens (tertiary/aromatic N) is 2. The van der Waals surface area contributed by atoms with Crippen LogP contribution in [0.2, 0.25) is 0 Å². The number of carboxylic acids is 1. The second-order valence-corrected chi connectivity index (χ2v) is 9.13. The second kappa shape index (κ2) is 4.96. The molecule has 0 unspecified atom stereocenters. The molecule has 3 aliphatic rings. The van der Waals surface area contributed by atoms with Crippen molar-refractivity contribution in [3.05, 3.63) is 33.9 Å². The molecule has 6 nitrogen and oxygen atoms in total. The van der Waals surface area contributed by atoms with E-state index in [4.69, 9.17) is 0 Å². The predicted octanol–water partition coefficient (Wildman–Crippen LogP) is 3.63. The van der Waals surface area contributed by atoms with E-state index < -0.39 is 16.8 Å². The lowest BCUT2D eigenvalue weighted by atomic mass is 9.61. The van der Waals surface area contributed by atoms with Crippen LogP contribution < -0.4 is 4.90 Å². The fourth-order valence-corrected chi connectivity index (χ4v) is 6.17. The number of aliphatic carboxylic acids is 1. The van der Waals surface area contributed by atoms with Gasteiger partial charge in [-0.05, 0) is 48.1 Å². The van der Waals surface area contributed by atoms with Gasteiger partial charge in [-0.2, -0.15) is 0 Å². The summed E-state index contributed by atoms with van der Waals surface area (Å²) in [6, 6.07) is 5.21. The minimum Gasteiger partial charge on any atom is -0.481 e. The van der Waals surface area contributed by atoms with Crippen LogP contribution in [0.25, 0.3) is 0 Å². The molecule has 2 fully saturated rings. The highest BCUT2D eigenvalue weighted by Gasteiger charge is 2.60. The molecule has 4 atom stereocenters. The van der Waals surface area contributed by atoms with Crippen molar-refractivity contribution in [1.82, 2.24) is 0 Å². The molecular formula is C19H24N2O4. The van der Waals surface area contributed by atoms with E-state index >= 15 is 0 Å². The number of non-ortho nitro benzene ring substituents is 1. The van der Waals surface area contributed by atoms with Crippen LogP contribution in [0.5, 0.6) is 0 Å². The van der Waals surface area contributed by atoms with Crippen LogP contribution in [0.1, 0.15) is 45.6 Å². The summed E-state index contributed by atoms with van der Waals surface area (Å²) in [5.74, 6) is -1.31. The lowest BCUT2D eigenvalue weighted by Crippen LogP contribution is -2.51. The number of carbonyl (C=O) groups is 1. The number of carboxylic acid groups (broad SMARTS) is 1. The molecule has 1 saturated heterocycles. The van der Waals surface area contributed by atoms with E-state index in [9.17, 15) is 20.0 Å². The van der Waals surface area contributed by atoms with Gasteiger partial charge in [0.2, 0.25) is 0 Å². The van der Waals surface area contributed by atoms with E-state index in [-0.39, 0.29) is 22.6 Å². The molecule has 2 aliphatic heterocycles. The monoisotopic (exact) mass is 344 g/mol. The second-order valence-electron chi connectivity index (χ2n) is 9.13. The largest absolute Gasteiger partial charge is 0.481 e. The fourth-order valence-electron chi connectivity index (χ4n) is 6.17. The number of benzene rings is 1. The number of nitro benzene ring substituents is 1. The minimum atomic E-state index is -0.793. The van der Waals surface area contributed by atoms with Crippen LogP contribution in [0.4, 0.5) is 11.4 Å². The maximum atomic E-state index is 12.1. The highest BCUT2D eigenvalue weighted by molar-refractivity contribution is 5.76. The number of nitro groups is 1. The van der Waals surface area contributed by atoms with Crippen molar-refractivity contribution < 1.29 is 14.8 Å². The fraction of sp³-hybridized carbons (Fsp3) is 0.632. The van der Waals surface area contributed by atoms with Crippen molar-refractivity contribution in [1.29, 1.82) is 0 Å². The third-order valence-corrected chi connectivity index (χ3v) is 6.47. The first-order valence-electron chi connectivity index (χ1n) is 8.90. The van der Waals surface area contributed by atoms with Gasteiger partial charge >= 0.3 is 5.97 Å². The Bertz CT molecular complexity index is 775. The van der Waals surface area contributed by atoms with Crippen molar-refractivity contribution >= 4 is 17.3 Å². The van der Waals surface area contributed by atoms with Crippen LogP contribution in [0.15, 0.2) is 18.2 Å². The average molecular weight is 344 g/mol. The van der Waals surface area contributed by atoms with E-state index in [0.717, 1.165) is 30.5 Å². The van der Waals surface area contributed by atoms with Crippen molar-refractivity contribution in [2.24, 2.45) is 16.7 Å². The van der Waals surface area contributed by atoms with Gasteiger partial charge in [0.15, 0.2) is 0 Å². The summed E-state index contributed by atoms with van der Waals surface area (Å²) < 4.78 is 0. The van der Waals surface area contributed by atoms with Gasteiger partial charge in [-0.25, -0.2) is 0 Å². The molecule has 0 radical (unpaired) electrons. The topological polar surface area (TPSA) is 83.7 Å². The molecule has 1 saturated carbocycles. The van der Waals surface area contributed by atoms with Gasteiger partial charge in [0, 0.05) is 29.9 Å². The lowest BCUT2D eigenvalue weighted by molar-refractivity contribution is -0.384. The van der Waals surface area contributed by atoms with E-state index in [1.807, 2.05) is 6.07 Å². The lowest BCUT2D eigenvalue weighted by Gasteiger charge is -2.44. The molecule has 6 heteroatoms. The van der Waals surface area contributed by atoms with Gasteiger partial charge in [0.05, 0.1) is 10.8 Å². The number of hydrogen-bond donors (Lipinski definition) is 1. The van der Waals surface area contributed by atoms with Gasteiger partial charge in [-0.15, -0.1) is 0 Å². The van der Waals surface area contributed by atoms with Crippen molar-refractivity contribution in [3.63, 3.8) is 0 Å². The molecule has 134 valence electrons. The minimum absolute atomic E-state index is 0.0328. The number of rotatable bonds is 2. The molecule has 0 amide bonds. The average Bonchev–Trinajstić information content (AvgIpc) is 2.72. The zero-order chi connectivity index (χ0) is 18.1. The Kier molecular flexibility index (Phi) is 3.25. The zero-order valence-corrected chi connectivity index (χ0v) is 14.9. The molecule has 0 spiro atoms. The molecule has 2 heterocycles. The van der Waals surface area contributed by atoms with Gasteiger partial charge in [0.1, 0.15) is 0 Å². The Morgan fingerprint density at radius 3 is 2.68 bits per heavy atom. The van der Waals surface area contributed by atoms with Crippen LogP contribution in [-0.4, -0.2) is 28.1 Å². The maximum Gasteiger partial charge on any atom is 0.308 e. The molecule has 1 aromatic carbocycles. The Hall–Kier alpha value is -2.11. The van der Waals surface area contributed by atoms with Crippen molar-refractivity contribution in [3.8, 4) is 0 Å². The molecule has 25 heavy (non-hydrogen) atoms.